The molecule has 0 saturated heterocycles. The Hall–Kier alpha value is -3.52. The first-order valence-corrected chi connectivity index (χ1v) is 12.5. The van der Waals surface area contributed by atoms with Crippen LogP contribution in [-0.4, -0.2) is 0 Å². The summed E-state index contributed by atoms with van der Waals surface area (Å²) >= 11 is 0. The summed E-state index contributed by atoms with van der Waals surface area (Å²) in [6, 6.07) is 33.2. The van der Waals surface area contributed by atoms with Crippen LogP contribution in [0.15, 0.2) is 91.0 Å². The van der Waals surface area contributed by atoms with Crippen molar-refractivity contribution in [1.82, 2.24) is 0 Å². The van der Waals surface area contributed by atoms with E-state index < -0.39 is 0 Å². The van der Waals surface area contributed by atoms with Gasteiger partial charge in [-0.25, -0.2) is 0 Å². The van der Waals surface area contributed by atoms with E-state index >= 15 is 0 Å². The number of rotatable bonds is 4. The average Bonchev–Trinajstić information content (AvgIpc) is 3.43. The molecule has 0 spiro atoms. The third-order valence-electron chi connectivity index (χ3n) is 8.23. The van der Waals surface area contributed by atoms with Crippen LogP contribution in [0.3, 0.4) is 0 Å². The Morgan fingerprint density at radius 3 is 1.94 bits per heavy atom. The average molecular weight is 445 g/mol. The van der Waals surface area contributed by atoms with Gasteiger partial charge < -0.3 is 11.1 Å². The summed E-state index contributed by atoms with van der Waals surface area (Å²) in [6.07, 6.45) is 4.95. The molecule has 0 aliphatic heterocycles. The predicted molar refractivity (Wildman–Crippen MR) is 144 cm³/mol. The van der Waals surface area contributed by atoms with Gasteiger partial charge in [0.15, 0.2) is 0 Å². The molecule has 0 amide bonds. The summed E-state index contributed by atoms with van der Waals surface area (Å²) < 4.78 is 0. The molecule has 34 heavy (non-hydrogen) atoms. The second kappa shape index (κ2) is 7.77. The molecule has 1 saturated carbocycles. The summed E-state index contributed by atoms with van der Waals surface area (Å²) in [5.74, 6) is 0. The number of nitrogens with two attached hydrogens (primary N) is 1. The van der Waals surface area contributed by atoms with Crippen molar-refractivity contribution >= 4 is 17.1 Å². The van der Waals surface area contributed by atoms with Gasteiger partial charge in [0.25, 0.3) is 0 Å². The normalized spacial score (nSPS) is 17.2. The second-order valence-corrected chi connectivity index (χ2v) is 10.5. The molecule has 2 aliphatic carbocycles. The predicted octanol–water partition coefficient (Wildman–Crippen LogP) is 8.18. The van der Waals surface area contributed by atoms with Gasteiger partial charge >= 0.3 is 0 Å². The van der Waals surface area contributed by atoms with Crippen LogP contribution < -0.4 is 11.1 Å². The van der Waals surface area contributed by atoms with Crippen LogP contribution in [0.1, 0.15) is 61.8 Å². The molecule has 3 N–H and O–H groups in total. The van der Waals surface area contributed by atoms with Gasteiger partial charge in [-0.15, -0.1) is 0 Å². The Labute approximate surface area is 202 Å². The minimum Gasteiger partial charge on any atom is -0.399 e. The molecule has 0 radical (unpaired) electrons. The summed E-state index contributed by atoms with van der Waals surface area (Å²) in [5.41, 5.74) is 17.5. The van der Waals surface area contributed by atoms with E-state index in [1.165, 1.54) is 59.1 Å². The standard InChI is InChI=1S/C32H32N2/c1-31(2)29-8-4-3-7-27(29)28-18-17-26(21-30(28)31)34-25-15-11-23(12-16-25)32(19-5-6-20-32)22-9-13-24(33)14-10-22/h3-4,7-18,21,34H,5-6,19-20,33H2,1-2H3. The highest BCUT2D eigenvalue weighted by Crippen LogP contribution is 2.50. The van der Waals surface area contributed by atoms with E-state index in [1.807, 2.05) is 12.1 Å². The molecule has 0 unspecified atom stereocenters. The zero-order chi connectivity index (χ0) is 23.3. The van der Waals surface area contributed by atoms with Crippen LogP contribution in [0.2, 0.25) is 0 Å². The number of nitrogens with one attached hydrogen (secondary N) is 1. The van der Waals surface area contributed by atoms with E-state index in [0.29, 0.717) is 0 Å². The lowest BCUT2D eigenvalue weighted by Gasteiger charge is -2.31. The Bertz CT molecular complexity index is 1340. The van der Waals surface area contributed by atoms with Crippen LogP contribution in [0.25, 0.3) is 11.1 Å². The van der Waals surface area contributed by atoms with E-state index in [9.17, 15) is 0 Å². The molecule has 0 bridgehead atoms. The lowest BCUT2D eigenvalue weighted by Crippen LogP contribution is -2.23. The van der Waals surface area contributed by atoms with Gasteiger partial charge in [-0.2, -0.15) is 0 Å². The topological polar surface area (TPSA) is 38.0 Å². The molecule has 1 fully saturated rings. The highest BCUT2D eigenvalue weighted by molar-refractivity contribution is 5.82. The van der Waals surface area contributed by atoms with Crippen molar-refractivity contribution in [3.63, 3.8) is 0 Å². The van der Waals surface area contributed by atoms with E-state index in [-0.39, 0.29) is 10.8 Å². The number of benzene rings is 4. The van der Waals surface area contributed by atoms with Crippen molar-refractivity contribution in [3.05, 3.63) is 113 Å². The smallest absolute Gasteiger partial charge is 0.0387 e. The SMILES string of the molecule is CC1(C)c2ccccc2-c2ccc(Nc3ccc(C4(c5ccc(N)cc5)CCCC4)cc3)cc21. The van der Waals surface area contributed by atoms with Gasteiger partial charge in [0.2, 0.25) is 0 Å². The molecule has 170 valence electrons. The van der Waals surface area contributed by atoms with E-state index in [1.54, 1.807) is 0 Å². The lowest BCUT2D eigenvalue weighted by atomic mass is 9.73. The molecule has 0 atom stereocenters. The third-order valence-corrected chi connectivity index (χ3v) is 8.23. The summed E-state index contributed by atoms with van der Waals surface area (Å²) in [4.78, 5) is 0. The van der Waals surface area contributed by atoms with E-state index in [4.69, 9.17) is 5.73 Å². The van der Waals surface area contributed by atoms with Crippen molar-refractivity contribution < 1.29 is 0 Å². The van der Waals surface area contributed by atoms with Crippen LogP contribution in [0, 0.1) is 0 Å². The van der Waals surface area contributed by atoms with Crippen LogP contribution in [0.4, 0.5) is 17.1 Å². The van der Waals surface area contributed by atoms with E-state index in [2.05, 4.69) is 98.0 Å². The second-order valence-electron chi connectivity index (χ2n) is 10.5. The Kier molecular flexibility index (Phi) is 4.81. The van der Waals surface area contributed by atoms with E-state index in [0.717, 1.165) is 17.1 Å². The molecule has 0 heterocycles. The largest absolute Gasteiger partial charge is 0.399 e. The molecule has 2 heteroatoms. The zero-order valence-electron chi connectivity index (χ0n) is 20.1. The molecule has 6 rings (SSSR count). The zero-order valence-corrected chi connectivity index (χ0v) is 20.1. The summed E-state index contributed by atoms with van der Waals surface area (Å²) in [6.45, 7) is 4.66. The number of hydrogen-bond donors (Lipinski definition) is 2. The first kappa shape index (κ1) is 21.0. The fourth-order valence-corrected chi connectivity index (χ4v) is 6.35. The van der Waals surface area contributed by atoms with Crippen molar-refractivity contribution in [3.8, 4) is 11.1 Å². The van der Waals surface area contributed by atoms with Crippen LogP contribution in [0.5, 0.6) is 0 Å². The number of hydrogen-bond acceptors (Lipinski definition) is 2. The molecule has 4 aromatic rings. The third kappa shape index (κ3) is 3.24. The monoisotopic (exact) mass is 444 g/mol. The number of nitrogen functional groups attached to an aromatic ring is 1. The lowest BCUT2D eigenvalue weighted by molar-refractivity contribution is 0.535. The first-order chi connectivity index (χ1) is 16.5. The van der Waals surface area contributed by atoms with Gasteiger partial charge in [0.1, 0.15) is 0 Å². The quantitative estimate of drug-likeness (QED) is 0.311. The van der Waals surface area contributed by atoms with Crippen molar-refractivity contribution in [2.75, 3.05) is 11.1 Å². The Morgan fingerprint density at radius 1 is 0.647 bits per heavy atom. The molecule has 2 aliphatic rings. The Morgan fingerprint density at radius 2 is 1.24 bits per heavy atom. The minimum absolute atomic E-state index is 0.0153. The van der Waals surface area contributed by atoms with Gasteiger partial charge in [-0.1, -0.05) is 81.3 Å². The number of anilines is 3. The first-order valence-electron chi connectivity index (χ1n) is 12.5. The fraction of sp³-hybridized carbons (Fsp3) is 0.250. The van der Waals surface area contributed by atoms with Crippen molar-refractivity contribution in [2.45, 2.75) is 50.4 Å². The molecule has 2 nitrogen and oxygen atoms in total. The minimum atomic E-state index is 0.0153. The van der Waals surface area contributed by atoms with Crippen LogP contribution in [-0.2, 0) is 10.8 Å². The maximum atomic E-state index is 5.97. The van der Waals surface area contributed by atoms with Gasteiger partial charge in [-0.05, 0) is 82.6 Å². The molecular weight excluding hydrogens is 412 g/mol. The molecule has 4 aromatic carbocycles. The summed E-state index contributed by atoms with van der Waals surface area (Å²) in [7, 11) is 0. The number of fused-ring (bicyclic) bond motifs is 3. The Balaban J connectivity index is 1.29. The molecule has 0 aromatic heterocycles. The van der Waals surface area contributed by atoms with Gasteiger partial charge in [0.05, 0.1) is 0 Å². The highest BCUT2D eigenvalue weighted by atomic mass is 14.9. The maximum absolute atomic E-state index is 5.97. The van der Waals surface area contributed by atoms with Gasteiger partial charge in [0, 0.05) is 27.9 Å². The fourth-order valence-electron chi connectivity index (χ4n) is 6.35. The van der Waals surface area contributed by atoms with Crippen molar-refractivity contribution in [2.24, 2.45) is 0 Å². The maximum Gasteiger partial charge on any atom is 0.0387 e. The highest BCUT2D eigenvalue weighted by Gasteiger charge is 2.37. The van der Waals surface area contributed by atoms with Crippen molar-refractivity contribution in [1.29, 1.82) is 0 Å². The van der Waals surface area contributed by atoms with Crippen LogP contribution >= 0.6 is 0 Å². The summed E-state index contributed by atoms with van der Waals surface area (Å²) in [5, 5.41) is 3.66. The van der Waals surface area contributed by atoms with Gasteiger partial charge in [-0.3, -0.25) is 0 Å². The molecular formula is C32H32N2.